The summed E-state index contributed by atoms with van der Waals surface area (Å²) >= 11 is 3.16. The number of ether oxygens (including phenoxy) is 2. The highest BCUT2D eigenvalue weighted by Gasteiger charge is 2.16. The zero-order valence-electron chi connectivity index (χ0n) is 19.7. The maximum Gasteiger partial charge on any atom is 0.126 e. The Morgan fingerprint density at radius 2 is 1.94 bits per heavy atom. The second-order valence-electron chi connectivity index (χ2n) is 9.26. The number of hydrogen-bond donors (Lipinski definition) is 3. The van der Waals surface area contributed by atoms with Gasteiger partial charge >= 0.3 is 0 Å². The molecule has 2 aromatic carbocycles. The highest BCUT2D eigenvalue weighted by atomic mass is 32.2. The summed E-state index contributed by atoms with van der Waals surface area (Å²) in [6, 6.07) is 10.7. The third kappa shape index (κ3) is 9.02. The van der Waals surface area contributed by atoms with Crippen LogP contribution in [0.15, 0.2) is 41.3 Å². The van der Waals surface area contributed by atoms with Crippen LogP contribution in [0, 0.1) is 11.7 Å². The summed E-state index contributed by atoms with van der Waals surface area (Å²) in [5.41, 5.74) is 2.85. The van der Waals surface area contributed by atoms with Gasteiger partial charge in [-0.3, -0.25) is 4.72 Å². The highest BCUT2D eigenvalue weighted by Crippen LogP contribution is 2.31. The molecule has 0 unspecified atom stereocenters. The first-order valence-corrected chi connectivity index (χ1v) is 13.2. The predicted molar refractivity (Wildman–Crippen MR) is 136 cm³/mol. The standard InChI is InChI=1S/C25H35FN2O3S2/c1-25(2,3)28-33-24-14-19(16-29)4-7-22(24)27-32-13-10-20-5-6-21(26)15-23(20)31-17-18-8-11-30-12-9-18/h4-7,14-15,18,27-29H,8-13,16-17H2,1-3H3. The van der Waals surface area contributed by atoms with Crippen molar-refractivity contribution >= 4 is 29.6 Å². The third-order valence-electron chi connectivity index (χ3n) is 5.20. The van der Waals surface area contributed by atoms with E-state index in [4.69, 9.17) is 9.47 Å². The number of aryl methyl sites for hydroxylation is 1. The van der Waals surface area contributed by atoms with Crippen molar-refractivity contribution < 1.29 is 19.0 Å². The maximum atomic E-state index is 13.8. The Labute approximate surface area is 205 Å². The van der Waals surface area contributed by atoms with Gasteiger partial charge < -0.3 is 19.3 Å². The summed E-state index contributed by atoms with van der Waals surface area (Å²) in [4.78, 5) is 1.03. The molecule has 3 rings (SSSR count). The van der Waals surface area contributed by atoms with Crippen molar-refractivity contribution in [3.05, 3.63) is 53.3 Å². The average molecular weight is 495 g/mol. The van der Waals surface area contributed by atoms with Gasteiger partial charge in [0.15, 0.2) is 0 Å². The average Bonchev–Trinajstić information content (AvgIpc) is 2.80. The van der Waals surface area contributed by atoms with E-state index in [9.17, 15) is 9.50 Å². The number of nitrogens with one attached hydrogen (secondary N) is 2. The van der Waals surface area contributed by atoms with E-state index in [0.29, 0.717) is 18.3 Å². The first kappa shape index (κ1) is 26.2. The zero-order valence-corrected chi connectivity index (χ0v) is 21.3. The fourth-order valence-electron chi connectivity index (χ4n) is 3.32. The van der Waals surface area contributed by atoms with Gasteiger partial charge in [-0.15, -0.1) is 0 Å². The number of aliphatic hydroxyl groups is 1. The largest absolute Gasteiger partial charge is 0.493 e. The van der Waals surface area contributed by atoms with E-state index in [2.05, 4.69) is 30.2 Å². The molecular weight excluding hydrogens is 459 g/mol. The molecule has 182 valence electrons. The summed E-state index contributed by atoms with van der Waals surface area (Å²) in [6.45, 7) is 8.50. The van der Waals surface area contributed by atoms with Gasteiger partial charge in [-0.05, 0) is 87.2 Å². The summed E-state index contributed by atoms with van der Waals surface area (Å²) < 4.78 is 32.1. The van der Waals surface area contributed by atoms with E-state index >= 15 is 0 Å². The fraction of sp³-hybridized carbons (Fsp3) is 0.520. The van der Waals surface area contributed by atoms with Gasteiger partial charge in [-0.2, -0.15) is 0 Å². The molecule has 33 heavy (non-hydrogen) atoms. The van der Waals surface area contributed by atoms with E-state index < -0.39 is 0 Å². The Balaban J connectivity index is 1.55. The Bertz CT molecular complexity index is 886. The minimum atomic E-state index is -0.275. The van der Waals surface area contributed by atoms with E-state index in [1.165, 1.54) is 12.1 Å². The molecule has 8 heteroatoms. The van der Waals surface area contributed by atoms with Gasteiger partial charge in [0.2, 0.25) is 0 Å². The van der Waals surface area contributed by atoms with Crippen LogP contribution in [0.5, 0.6) is 5.75 Å². The van der Waals surface area contributed by atoms with E-state index in [0.717, 1.165) is 59.9 Å². The Hall–Kier alpha value is -1.45. The first-order valence-electron chi connectivity index (χ1n) is 11.4. The molecule has 0 aromatic heterocycles. The zero-order chi connectivity index (χ0) is 23.7. The number of halogens is 1. The molecule has 1 heterocycles. The maximum absolute atomic E-state index is 13.8. The van der Waals surface area contributed by atoms with Crippen molar-refractivity contribution in [3.63, 3.8) is 0 Å². The molecule has 1 aliphatic rings. The Morgan fingerprint density at radius 3 is 2.67 bits per heavy atom. The summed E-state index contributed by atoms with van der Waals surface area (Å²) in [7, 11) is 0. The summed E-state index contributed by atoms with van der Waals surface area (Å²) in [5.74, 6) is 1.63. The quantitative estimate of drug-likeness (QED) is 0.269. The van der Waals surface area contributed by atoms with Crippen molar-refractivity contribution in [2.45, 2.75) is 57.1 Å². The lowest BCUT2D eigenvalue weighted by Gasteiger charge is -2.23. The highest BCUT2D eigenvalue weighted by molar-refractivity contribution is 8.00. The van der Waals surface area contributed by atoms with E-state index in [-0.39, 0.29) is 18.0 Å². The lowest BCUT2D eigenvalue weighted by Crippen LogP contribution is -2.29. The molecule has 0 amide bonds. The minimum absolute atomic E-state index is 0.0116. The Kier molecular flexibility index (Phi) is 10.2. The molecule has 0 saturated carbocycles. The van der Waals surface area contributed by atoms with Crippen molar-refractivity contribution in [1.29, 1.82) is 0 Å². The summed E-state index contributed by atoms with van der Waals surface area (Å²) in [5, 5.41) is 9.49. The molecule has 0 spiro atoms. The van der Waals surface area contributed by atoms with Crippen LogP contribution < -0.4 is 14.2 Å². The molecule has 3 N–H and O–H groups in total. The molecule has 1 saturated heterocycles. The predicted octanol–water partition coefficient (Wildman–Crippen LogP) is 5.82. The van der Waals surface area contributed by atoms with Gasteiger partial charge in [-0.1, -0.05) is 24.1 Å². The van der Waals surface area contributed by atoms with Gasteiger partial charge in [0.1, 0.15) is 11.6 Å². The normalized spacial score (nSPS) is 14.9. The van der Waals surface area contributed by atoms with Crippen LogP contribution in [0.25, 0.3) is 0 Å². The SMILES string of the molecule is CC(C)(C)NSc1cc(CO)ccc1NSCCc1ccc(F)cc1OCC1CCOCC1. The molecule has 1 fully saturated rings. The van der Waals surface area contributed by atoms with Crippen LogP contribution in [-0.4, -0.2) is 36.2 Å². The number of aliphatic hydroxyl groups excluding tert-OH is 1. The van der Waals surface area contributed by atoms with Crippen molar-refractivity contribution in [2.75, 3.05) is 30.3 Å². The van der Waals surface area contributed by atoms with Crippen molar-refractivity contribution in [1.82, 2.24) is 4.72 Å². The number of benzene rings is 2. The third-order valence-corrected chi connectivity index (χ3v) is 7.24. The molecule has 0 radical (unpaired) electrons. The monoisotopic (exact) mass is 494 g/mol. The first-order chi connectivity index (χ1) is 15.8. The molecule has 1 aliphatic heterocycles. The second kappa shape index (κ2) is 12.9. The molecule has 0 aliphatic carbocycles. The molecule has 0 bridgehead atoms. The van der Waals surface area contributed by atoms with Crippen molar-refractivity contribution in [3.8, 4) is 5.75 Å². The van der Waals surface area contributed by atoms with Crippen LogP contribution in [0.3, 0.4) is 0 Å². The molecule has 2 aromatic rings. The van der Waals surface area contributed by atoms with Gasteiger partial charge in [-0.25, -0.2) is 4.39 Å². The van der Waals surface area contributed by atoms with Crippen LogP contribution >= 0.6 is 23.9 Å². The van der Waals surface area contributed by atoms with Crippen LogP contribution in [0.1, 0.15) is 44.7 Å². The topological polar surface area (TPSA) is 62.8 Å². The Morgan fingerprint density at radius 1 is 1.15 bits per heavy atom. The summed E-state index contributed by atoms with van der Waals surface area (Å²) in [6.07, 6.45) is 2.74. The lowest BCUT2D eigenvalue weighted by atomic mass is 10.0. The smallest absolute Gasteiger partial charge is 0.126 e. The lowest BCUT2D eigenvalue weighted by molar-refractivity contribution is 0.0496. The van der Waals surface area contributed by atoms with E-state index in [1.807, 2.05) is 24.3 Å². The van der Waals surface area contributed by atoms with Crippen molar-refractivity contribution in [2.24, 2.45) is 5.92 Å². The van der Waals surface area contributed by atoms with Crippen LogP contribution in [-0.2, 0) is 17.8 Å². The molecular formula is C25H35FN2O3S2. The van der Waals surface area contributed by atoms with Crippen LogP contribution in [0.2, 0.25) is 0 Å². The minimum Gasteiger partial charge on any atom is -0.493 e. The number of hydrogen-bond acceptors (Lipinski definition) is 7. The molecule has 0 atom stereocenters. The number of anilines is 1. The van der Waals surface area contributed by atoms with Crippen LogP contribution in [0.4, 0.5) is 10.1 Å². The van der Waals surface area contributed by atoms with E-state index in [1.54, 1.807) is 23.9 Å². The van der Waals surface area contributed by atoms with Gasteiger partial charge in [0.05, 0.1) is 18.9 Å². The fourth-order valence-corrected chi connectivity index (χ4v) is 5.00. The second-order valence-corrected chi connectivity index (χ2v) is 11.0. The number of rotatable bonds is 11. The molecule has 5 nitrogen and oxygen atoms in total. The van der Waals surface area contributed by atoms with Gasteiger partial charge in [0, 0.05) is 35.5 Å². The van der Waals surface area contributed by atoms with Gasteiger partial charge in [0.25, 0.3) is 0 Å².